The van der Waals surface area contributed by atoms with E-state index >= 15 is 0 Å². The van der Waals surface area contributed by atoms with E-state index in [0.29, 0.717) is 22.7 Å². The van der Waals surface area contributed by atoms with Gasteiger partial charge in [0.2, 0.25) is 23.8 Å². The summed E-state index contributed by atoms with van der Waals surface area (Å²) >= 11 is 0. The van der Waals surface area contributed by atoms with Gasteiger partial charge in [-0.25, -0.2) is 20.0 Å². The summed E-state index contributed by atoms with van der Waals surface area (Å²) in [5.74, 6) is 3.14. The molecule has 12 heteroatoms. The van der Waals surface area contributed by atoms with Crippen LogP contribution in [0.2, 0.25) is 0 Å². The number of aliphatic imine (C=N–C) groups is 4. The van der Waals surface area contributed by atoms with Gasteiger partial charge in [-0.15, -0.1) is 0 Å². The highest BCUT2D eigenvalue weighted by Crippen LogP contribution is 2.41. The van der Waals surface area contributed by atoms with E-state index in [0.717, 1.165) is 23.8 Å². The zero-order chi connectivity index (χ0) is 29.5. The highest BCUT2D eigenvalue weighted by Gasteiger charge is 2.17. The molecule has 0 radical (unpaired) electrons. The Morgan fingerprint density at radius 2 is 0.447 bits per heavy atom. The van der Waals surface area contributed by atoms with Crippen molar-refractivity contribution in [1.82, 2.24) is 39.2 Å². The van der Waals surface area contributed by atoms with E-state index in [1.165, 1.54) is 0 Å². The molecule has 1 aromatic carbocycles. The summed E-state index contributed by atoms with van der Waals surface area (Å²) in [4.78, 5) is 35.9. The van der Waals surface area contributed by atoms with Gasteiger partial charge < -0.3 is 39.2 Å². The second-order valence-corrected chi connectivity index (χ2v) is 10.6. The molecular formula is C26H50N12. The molecule has 38 heavy (non-hydrogen) atoms. The average molecular weight is 531 g/mol. The molecule has 0 N–H and O–H groups in total. The van der Waals surface area contributed by atoms with E-state index in [1.807, 2.05) is 164 Å². The Labute approximate surface area is 230 Å². The second-order valence-electron chi connectivity index (χ2n) is 10.6. The standard InChI is InChI=1S/C26H50N12/c1-31(2)23(32(3)4)27-19-17-21(29-25(35(9)10)36(11)12)22(30-26(37(13)14)38(15)16)18-20(19)28-24(33(5)6)34(7)8/h17-18H,1-16H3. The quantitative estimate of drug-likeness (QED) is 0.433. The van der Waals surface area contributed by atoms with Crippen molar-refractivity contribution >= 4 is 46.6 Å². The van der Waals surface area contributed by atoms with Crippen LogP contribution in [0, 0.1) is 0 Å². The molecule has 0 aromatic heterocycles. The minimum atomic E-state index is 0.689. The lowest BCUT2D eigenvalue weighted by atomic mass is 10.2. The second kappa shape index (κ2) is 13.7. The number of rotatable bonds is 4. The Morgan fingerprint density at radius 3 is 0.553 bits per heavy atom. The third kappa shape index (κ3) is 8.70. The van der Waals surface area contributed by atoms with Crippen molar-refractivity contribution < 1.29 is 0 Å². The molecule has 0 bridgehead atoms. The Balaban J connectivity index is 4.33. The molecule has 0 saturated carbocycles. The first-order valence-corrected chi connectivity index (χ1v) is 12.4. The normalized spacial score (nSPS) is 10.1. The Kier molecular flexibility index (Phi) is 11.7. The number of nitrogens with zero attached hydrogens (tertiary/aromatic N) is 12. The molecule has 0 aliphatic carbocycles. The van der Waals surface area contributed by atoms with E-state index < -0.39 is 0 Å². The smallest absolute Gasteiger partial charge is 0.200 e. The summed E-state index contributed by atoms with van der Waals surface area (Å²) in [5.41, 5.74) is 2.76. The van der Waals surface area contributed by atoms with Crippen LogP contribution in [-0.4, -0.2) is 176 Å². The highest BCUT2D eigenvalue weighted by atomic mass is 15.4. The van der Waals surface area contributed by atoms with Gasteiger partial charge >= 0.3 is 0 Å². The topological polar surface area (TPSA) is 75.4 Å². The maximum absolute atomic E-state index is 5.04. The third-order valence-corrected chi connectivity index (χ3v) is 5.15. The first-order valence-electron chi connectivity index (χ1n) is 12.4. The molecule has 0 unspecified atom stereocenters. The average Bonchev–Trinajstić information content (AvgIpc) is 2.76. The van der Waals surface area contributed by atoms with Crippen molar-refractivity contribution in [2.24, 2.45) is 20.0 Å². The highest BCUT2D eigenvalue weighted by molar-refractivity contribution is 5.93. The molecule has 12 nitrogen and oxygen atoms in total. The van der Waals surface area contributed by atoms with Crippen molar-refractivity contribution in [3.63, 3.8) is 0 Å². The lowest BCUT2D eigenvalue weighted by molar-refractivity contribution is 0.483. The minimum absolute atomic E-state index is 0.689. The Hall–Kier alpha value is -3.70. The van der Waals surface area contributed by atoms with Gasteiger partial charge in [-0.3, -0.25) is 0 Å². The molecule has 0 fully saturated rings. The van der Waals surface area contributed by atoms with Gasteiger partial charge in [0.1, 0.15) is 0 Å². The summed E-state index contributed by atoms with van der Waals surface area (Å²) in [6.07, 6.45) is 0. The van der Waals surface area contributed by atoms with E-state index in [-0.39, 0.29) is 0 Å². The Morgan fingerprint density at radius 1 is 0.316 bits per heavy atom. The summed E-state index contributed by atoms with van der Waals surface area (Å²) in [6, 6.07) is 3.92. The lowest BCUT2D eigenvalue weighted by Crippen LogP contribution is -2.35. The number of hydrogen-bond acceptors (Lipinski definition) is 4. The van der Waals surface area contributed by atoms with E-state index in [9.17, 15) is 0 Å². The van der Waals surface area contributed by atoms with Gasteiger partial charge in [0.05, 0.1) is 22.7 Å². The summed E-state index contributed by atoms with van der Waals surface area (Å²) in [6.45, 7) is 0. The van der Waals surface area contributed by atoms with Crippen molar-refractivity contribution in [2.45, 2.75) is 0 Å². The van der Waals surface area contributed by atoms with Gasteiger partial charge in [-0.2, -0.15) is 0 Å². The van der Waals surface area contributed by atoms with Crippen molar-refractivity contribution in [3.8, 4) is 0 Å². The largest absolute Gasteiger partial charge is 0.349 e. The van der Waals surface area contributed by atoms with Gasteiger partial charge in [0.15, 0.2) is 0 Å². The van der Waals surface area contributed by atoms with Crippen LogP contribution in [0.1, 0.15) is 0 Å². The third-order valence-electron chi connectivity index (χ3n) is 5.15. The molecule has 1 aromatic rings. The van der Waals surface area contributed by atoms with Crippen LogP contribution in [0.15, 0.2) is 32.1 Å². The molecule has 0 amide bonds. The first-order chi connectivity index (χ1) is 17.5. The zero-order valence-corrected chi connectivity index (χ0v) is 26.5. The van der Waals surface area contributed by atoms with Crippen molar-refractivity contribution in [3.05, 3.63) is 12.1 Å². The predicted octanol–water partition coefficient (Wildman–Crippen LogP) is 2.13. The SMILES string of the molecule is CN(C)C(=Nc1cc(N=C(N(C)C)N(C)C)c(N=C(N(C)C)N(C)C)cc1N=C(N(C)C)N(C)C)N(C)C. The molecule has 0 aliphatic rings. The number of hydrogen-bond donors (Lipinski definition) is 0. The predicted molar refractivity (Wildman–Crippen MR) is 164 cm³/mol. The molecule has 0 saturated heterocycles. The van der Waals surface area contributed by atoms with Crippen LogP contribution < -0.4 is 0 Å². The van der Waals surface area contributed by atoms with Crippen LogP contribution >= 0.6 is 0 Å². The molecule has 1 rings (SSSR count). The lowest BCUT2D eigenvalue weighted by Gasteiger charge is -2.26. The maximum Gasteiger partial charge on any atom is 0.200 e. The van der Waals surface area contributed by atoms with Crippen molar-refractivity contribution in [2.75, 3.05) is 113 Å². The summed E-state index contributed by atoms with van der Waals surface area (Å²) < 4.78 is 0. The van der Waals surface area contributed by atoms with Crippen LogP contribution in [0.5, 0.6) is 0 Å². The minimum Gasteiger partial charge on any atom is -0.349 e. The van der Waals surface area contributed by atoms with Gasteiger partial charge in [0.25, 0.3) is 0 Å². The Bertz CT molecular complexity index is 842. The fourth-order valence-corrected chi connectivity index (χ4v) is 3.74. The number of guanidine groups is 4. The van der Waals surface area contributed by atoms with E-state index in [1.54, 1.807) is 0 Å². The zero-order valence-electron chi connectivity index (χ0n) is 26.5. The van der Waals surface area contributed by atoms with Crippen LogP contribution in [0.4, 0.5) is 22.7 Å². The maximum atomic E-state index is 5.04. The van der Waals surface area contributed by atoms with Gasteiger partial charge in [0, 0.05) is 113 Å². The van der Waals surface area contributed by atoms with Crippen LogP contribution in [0.25, 0.3) is 0 Å². The molecule has 0 heterocycles. The molecule has 0 atom stereocenters. The van der Waals surface area contributed by atoms with Gasteiger partial charge in [-0.05, 0) is 12.1 Å². The van der Waals surface area contributed by atoms with E-state index in [2.05, 4.69) is 0 Å². The van der Waals surface area contributed by atoms with Crippen LogP contribution in [0.3, 0.4) is 0 Å². The summed E-state index contributed by atoms with van der Waals surface area (Å²) in [5, 5.41) is 0. The summed E-state index contributed by atoms with van der Waals surface area (Å²) in [7, 11) is 31.6. The van der Waals surface area contributed by atoms with Crippen LogP contribution in [-0.2, 0) is 0 Å². The van der Waals surface area contributed by atoms with Crippen molar-refractivity contribution in [1.29, 1.82) is 0 Å². The molecule has 214 valence electrons. The monoisotopic (exact) mass is 530 g/mol. The molecule has 0 spiro atoms. The fraction of sp³-hybridized carbons (Fsp3) is 0.615. The van der Waals surface area contributed by atoms with Gasteiger partial charge in [-0.1, -0.05) is 0 Å². The fourth-order valence-electron chi connectivity index (χ4n) is 3.74. The number of benzene rings is 1. The molecular weight excluding hydrogens is 480 g/mol. The molecule has 0 aliphatic heterocycles. The first kappa shape index (κ1) is 32.3. The van der Waals surface area contributed by atoms with E-state index in [4.69, 9.17) is 20.0 Å².